The first kappa shape index (κ1) is 18.9. The highest BCUT2D eigenvalue weighted by atomic mass is 35.5. The number of benzene rings is 1. The highest BCUT2D eigenvalue weighted by molar-refractivity contribution is 5.95. The van der Waals surface area contributed by atoms with Crippen molar-refractivity contribution in [2.45, 2.75) is 33.2 Å². The van der Waals surface area contributed by atoms with E-state index in [9.17, 15) is 9.18 Å². The van der Waals surface area contributed by atoms with E-state index in [4.69, 9.17) is 5.73 Å². The van der Waals surface area contributed by atoms with Gasteiger partial charge in [-0.2, -0.15) is 0 Å². The van der Waals surface area contributed by atoms with Crippen LogP contribution in [0.25, 0.3) is 0 Å². The zero-order chi connectivity index (χ0) is 15.6. The van der Waals surface area contributed by atoms with Gasteiger partial charge >= 0.3 is 0 Å². The second kappa shape index (κ2) is 7.40. The van der Waals surface area contributed by atoms with Gasteiger partial charge in [-0.05, 0) is 56.5 Å². The number of carbonyl (C=O) groups is 1. The largest absolute Gasteiger partial charge is 0.330 e. The number of anilines is 1. The van der Waals surface area contributed by atoms with Crippen molar-refractivity contribution >= 4 is 24.0 Å². The molecule has 22 heavy (non-hydrogen) atoms. The van der Waals surface area contributed by atoms with E-state index >= 15 is 0 Å². The Morgan fingerprint density at radius 2 is 2.23 bits per heavy atom. The van der Waals surface area contributed by atoms with Crippen LogP contribution in [0.15, 0.2) is 18.2 Å². The monoisotopic (exact) mass is 329 g/mol. The SMILES string of the molecule is Cc1ccc(F)cc1NC(=O)C(C)N1CCC(C)(CN)C1.Cl. The minimum absolute atomic E-state index is 0. The minimum atomic E-state index is -0.347. The molecule has 2 atom stereocenters. The van der Waals surface area contributed by atoms with Crippen LogP contribution in [0.4, 0.5) is 10.1 Å². The molecular weight excluding hydrogens is 305 g/mol. The van der Waals surface area contributed by atoms with Crippen LogP contribution >= 0.6 is 12.4 Å². The van der Waals surface area contributed by atoms with E-state index in [0.717, 1.165) is 25.1 Å². The van der Waals surface area contributed by atoms with Gasteiger partial charge in [-0.25, -0.2) is 4.39 Å². The first-order valence-corrected chi connectivity index (χ1v) is 7.36. The van der Waals surface area contributed by atoms with E-state index in [0.29, 0.717) is 12.2 Å². The molecule has 4 nitrogen and oxygen atoms in total. The summed E-state index contributed by atoms with van der Waals surface area (Å²) in [6, 6.07) is 4.16. The van der Waals surface area contributed by atoms with Crippen LogP contribution in [-0.2, 0) is 4.79 Å². The number of amides is 1. The maximum atomic E-state index is 13.3. The van der Waals surface area contributed by atoms with E-state index in [-0.39, 0.29) is 35.6 Å². The van der Waals surface area contributed by atoms with Gasteiger partial charge in [0.05, 0.1) is 6.04 Å². The third kappa shape index (κ3) is 4.18. The Labute approximate surface area is 137 Å². The van der Waals surface area contributed by atoms with Gasteiger partial charge in [0.2, 0.25) is 5.91 Å². The number of hydrogen-bond donors (Lipinski definition) is 2. The van der Waals surface area contributed by atoms with Crippen LogP contribution in [0.3, 0.4) is 0 Å². The number of halogens is 2. The third-order valence-electron chi connectivity index (χ3n) is 4.46. The molecule has 1 saturated heterocycles. The number of carbonyl (C=O) groups excluding carboxylic acids is 1. The molecule has 1 heterocycles. The minimum Gasteiger partial charge on any atom is -0.330 e. The fraction of sp³-hybridized carbons (Fsp3) is 0.562. The van der Waals surface area contributed by atoms with Gasteiger partial charge in [-0.15, -0.1) is 12.4 Å². The summed E-state index contributed by atoms with van der Waals surface area (Å²) in [5.41, 5.74) is 7.27. The number of rotatable bonds is 4. The molecule has 1 aliphatic rings. The molecule has 1 aromatic rings. The predicted molar refractivity (Wildman–Crippen MR) is 89.8 cm³/mol. The third-order valence-corrected chi connectivity index (χ3v) is 4.46. The van der Waals surface area contributed by atoms with Crippen molar-refractivity contribution < 1.29 is 9.18 Å². The average Bonchev–Trinajstić information content (AvgIpc) is 2.85. The summed E-state index contributed by atoms with van der Waals surface area (Å²) >= 11 is 0. The number of hydrogen-bond acceptors (Lipinski definition) is 3. The zero-order valence-electron chi connectivity index (χ0n) is 13.4. The molecule has 2 unspecified atom stereocenters. The standard InChI is InChI=1S/C16H24FN3O.ClH/c1-11-4-5-13(17)8-14(11)19-15(21)12(2)20-7-6-16(3,9-18)10-20;/h4-5,8,12H,6-7,9-10,18H2,1-3H3,(H,19,21);1H. The van der Waals surface area contributed by atoms with Gasteiger partial charge in [-0.3, -0.25) is 9.69 Å². The lowest BCUT2D eigenvalue weighted by Gasteiger charge is -2.26. The average molecular weight is 330 g/mol. The molecular formula is C16H25ClFN3O. The fourth-order valence-electron chi connectivity index (χ4n) is 2.69. The molecule has 1 aromatic carbocycles. The molecule has 3 N–H and O–H groups in total. The molecule has 6 heteroatoms. The van der Waals surface area contributed by atoms with Crippen molar-refractivity contribution in [1.29, 1.82) is 0 Å². The van der Waals surface area contributed by atoms with Crippen molar-refractivity contribution in [1.82, 2.24) is 4.90 Å². The number of likely N-dealkylation sites (tertiary alicyclic amines) is 1. The Bertz CT molecular complexity index is 540. The fourth-order valence-corrected chi connectivity index (χ4v) is 2.69. The molecule has 2 rings (SSSR count). The maximum absolute atomic E-state index is 13.3. The van der Waals surface area contributed by atoms with Gasteiger partial charge in [0, 0.05) is 12.2 Å². The van der Waals surface area contributed by atoms with Crippen LogP contribution < -0.4 is 11.1 Å². The lowest BCUT2D eigenvalue weighted by Crippen LogP contribution is -2.42. The summed E-state index contributed by atoms with van der Waals surface area (Å²) in [5, 5.41) is 2.82. The second-order valence-corrected chi connectivity index (χ2v) is 6.36. The number of nitrogens with two attached hydrogens (primary N) is 1. The number of nitrogens with one attached hydrogen (secondary N) is 1. The van der Waals surface area contributed by atoms with Gasteiger partial charge in [0.25, 0.3) is 0 Å². The van der Waals surface area contributed by atoms with Gasteiger partial charge in [-0.1, -0.05) is 13.0 Å². The van der Waals surface area contributed by atoms with E-state index in [1.165, 1.54) is 12.1 Å². The topological polar surface area (TPSA) is 58.4 Å². The Balaban J connectivity index is 0.00000242. The lowest BCUT2D eigenvalue weighted by atomic mass is 9.90. The molecule has 0 aliphatic carbocycles. The Morgan fingerprint density at radius 1 is 1.55 bits per heavy atom. The van der Waals surface area contributed by atoms with E-state index in [2.05, 4.69) is 17.1 Å². The summed E-state index contributed by atoms with van der Waals surface area (Å²) < 4.78 is 13.3. The summed E-state index contributed by atoms with van der Waals surface area (Å²) in [5.74, 6) is -0.453. The van der Waals surface area contributed by atoms with Crippen LogP contribution in [0, 0.1) is 18.2 Å². The summed E-state index contributed by atoms with van der Waals surface area (Å²) in [4.78, 5) is 14.5. The molecule has 0 spiro atoms. The maximum Gasteiger partial charge on any atom is 0.241 e. The van der Waals surface area contributed by atoms with Crippen LogP contribution in [0.1, 0.15) is 25.8 Å². The molecule has 0 aromatic heterocycles. The normalized spacial score (nSPS) is 23.0. The van der Waals surface area contributed by atoms with E-state index < -0.39 is 0 Å². The lowest BCUT2D eigenvalue weighted by molar-refractivity contribution is -0.120. The van der Waals surface area contributed by atoms with Gasteiger partial charge in [0.1, 0.15) is 5.82 Å². The predicted octanol–water partition coefficient (Wildman–Crippen LogP) is 2.55. The smallest absolute Gasteiger partial charge is 0.241 e. The molecule has 1 fully saturated rings. The first-order valence-electron chi connectivity index (χ1n) is 7.36. The highest BCUT2D eigenvalue weighted by Gasteiger charge is 2.36. The zero-order valence-corrected chi connectivity index (χ0v) is 14.2. The van der Waals surface area contributed by atoms with E-state index in [1.54, 1.807) is 6.07 Å². The summed E-state index contributed by atoms with van der Waals surface area (Å²) in [6.07, 6.45) is 1.00. The first-order chi connectivity index (χ1) is 9.84. The van der Waals surface area contributed by atoms with Gasteiger partial charge in [0.15, 0.2) is 0 Å². The van der Waals surface area contributed by atoms with Crippen LogP contribution in [0.2, 0.25) is 0 Å². The molecule has 1 amide bonds. The van der Waals surface area contributed by atoms with Crippen molar-refractivity contribution in [2.24, 2.45) is 11.1 Å². The van der Waals surface area contributed by atoms with Crippen LogP contribution in [-0.4, -0.2) is 36.5 Å². The highest BCUT2D eigenvalue weighted by Crippen LogP contribution is 2.30. The van der Waals surface area contributed by atoms with Crippen molar-refractivity contribution in [3.8, 4) is 0 Å². The Kier molecular flexibility index (Phi) is 6.35. The molecule has 0 bridgehead atoms. The summed E-state index contributed by atoms with van der Waals surface area (Å²) in [6.45, 7) is 8.19. The number of aryl methyl sites for hydroxylation is 1. The summed E-state index contributed by atoms with van der Waals surface area (Å²) in [7, 11) is 0. The molecule has 1 aliphatic heterocycles. The molecule has 124 valence electrons. The quantitative estimate of drug-likeness (QED) is 0.892. The van der Waals surface area contributed by atoms with E-state index in [1.807, 2.05) is 13.8 Å². The molecule has 0 saturated carbocycles. The van der Waals surface area contributed by atoms with Crippen molar-refractivity contribution in [2.75, 3.05) is 25.0 Å². The Hall–Kier alpha value is -1.17. The number of nitrogens with zero attached hydrogens (tertiary/aromatic N) is 1. The second-order valence-electron chi connectivity index (χ2n) is 6.36. The van der Waals surface area contributed by atoms with Crippen LogP contribution in [0.5, 0.6) is 0 Å². The van der Waals surface area contributed by atoms with Crippen molar-refractivity contribution in [3.63, 3.8) is 0 Å². The molecule has 0 radical (unpaired) electrons. The van der Waals surface area contributed by atoms with Gasteiger partial charge < -0.3 is 11.1 Å². The Morgan fingerprint density at radius 3 is 2.82 bits per heavy atom. The van der Waals surface area contributed by atoms with Crippen molar-refractivity contribution in [3.05, 3.63) is 29.6 Å².